The monoisotopic (exact) mass is 269 g/mol. The van der Waals surface area contributed by atoms with Crippen molar-refractivity contribution in [2.45, 2.75) is 44.6 Å². The quantitative estimate of drug-likeness (QED) is 0.886. The van der Waals surface area contributed by atoms with Gasteiger partial charge in [-0.05, 0) is 36.8 Å². The van der Waals surface area contributed by atoms with E-state index in [0.29, 0.717) is 12.8 Å². The van der Waals surface area contributed by atoms with Crippen molar-refractivity contribution in [2.24, 2.45) is 0 Å². The number of aliphatic hydroxyl groups is 1. The van der Waals surface area contributed by atoms with Crippen LogP contribution in [0.2, 0.25) is 0 Å². The summed E-state index contributed by atoms with van der Waals surface area (Å²) >= 11 is 0. The molecule has 1 amide bonds. The summed E-state index contributed by atoms with van der Waals surface area (Å²) in [6.45, 7) is 3.48. The predicted molar refractivity (Wildman–Crippen MR) is 67.9 cm³/mol. The molecule has 0 aliphatic heterocycles. The molecule has 5 heteroatoms. The molecule has 1 saturated carbocycles. The number of halogens is 2. The van der Waals surface area contributed by atoms with Gasteiger partial charge in [0.05, 0.1) is 0 Å². The maximum Gasteiger partial charge on any atom is 0.256 e. The molecule has 19 heavy (non-hydrogen) atoms. The Kier molecular flexibility index (Phi) is 3.58. The van der Waals surface area contributed by atoms with Gasteiger partial charge >= 0.3 is 0 Å². The Morgan fingerprint density at radius 2 is 2.00 bits per heavy atom. The van der Waals surface area contributed by atoms with Crippen molar-refractivity contribution >= 4 is 11.6 Å². The van der Waals surface area contributed by atoms with E-state index in [1.54, 1.807) is 13.8 Å². The van der Waals surface area contributed by atoms with Crippen molar-refractivity contribution < 1.29 is 18.7 Å². The lowest BCUT2D eigenvalue weighted by molar-refractivity contribution is -0.142. The highest BCUT2D eigenvalue weighted by molar-refractivity contribution is 5.97. The molecule has 2 rings (SSSR count). The molecule has 1 aromatic carbocycles. The Morgan fingerprint density at radius 3 is 2.47 bits per heavy atom. The predicted octanol–water partition coefficient (Wildman–Crippen LogP) is 2.94. The highest BCUT2D eigenvalue weighted by Crippen LogP contribution is 2.33. The smallest absolute Gasteiger partial charge is 0.256 e. The minimum Gasteiger partial charge on any atom is -0.380 e. The molecule has 0 unspecified atom stereocenters. The summed E-state index contributed by atoms with van der Waals surface area (Å²) in [4.78, 5) is 11.8. The Balaban J connectivity index is 2.23. The first-order valence-corrected chi connectivity index (χ1v) is 6.36. The normalized spacial score (nSPS) is 17.2. The summed E-state index contributed by atoms with van der Waals surface area (Å²) in [6, 6.07) is 2.34. The molecule has 0 bridgehead atoms. The highest BCUT2D eigenvalue weighted by Gasteiger charge is 2.42. The van der Waals surface area contributed by atoms with Crippen molar-refractivity contribution in [1.82, 2.24) is 0 Å². The van der Waals surface area contributed by atoms with E-state index in [0.717, 1.165) is 12.5 Å². The summed E-state index contributed by atoms with van der Waals surface area (Å²) in [7, 11) is 0. The van der Waals surface area contributed by atoms with E-state index in [2.05, 4.69) is 5.32 Å². The van der Waals surface area contributed by atoms with Gasteiger partial charge in [-0.3, -0.25) is 4.79 Å². The van der Waals surface area contributed by atoms with Gasteiger partial charge in [-0.15, -0.1) is 0 Å². The minimum absolute atomic E-state index is 0.174. The van der Waals surface area contributed by atoms with Gasteiger partial charge in [0.15, 0.2) is 11.6 Å². The van der Waals surface area contributed by atoms with Crippen LogP contribution in [-0.2, 0) is 4.79 Å². The molecule has 104 valence electrons. The molecule has 3 nitrogen and oxygen atoms in total. The van der Waals surface area contributed by atoms with Crippen molar-refractivity contribution in [3.8, 4) is 0 Å². The first-order chi connectivity index (χ1) is 8.83. The third-order valence-corrected chi connectivity index (χ3v) is 3.54. The van der Waals surface area contributed by atoms with Crippen LogP contribution in [0.25, 0.3) is 0 Å². The molecule has 1 aliphatic rings. The summed E-state index contributed by atoms with van der Waals surface area (Å²) in [5.74, 6) is -2.64. The number of amides is 1. The first-order valence-electron chi connectivity index (χ1n) is 6.36. The van der Waals surface area contributed by atoms with Crippen LogP contribution in [0.3, 0.4) is 0 Å². The Morgan fingerprint density at radius 1 is 1.37 bits per heavy atom. The zero-order valence-corrected chi connectivity index (χ0v) is 11.0. The summed E-state index contributed by atoms with van der Waals surface area (Å²) in [5.41, 5.74) is -0.980. The summed E-state index contributed by atoms with van der Waals surface area (Å²) in [6.07, 6.45) is 1.60. The second-order valence-electron chi connectivity index (χ2n) is 5.36. The fraction of sp³-hybridized carbons (Fsp3) is 0.500. The number of anilines is 1. The SMILES string of the molecule is CC(C)c1cc(NC(=O)C2(O)CCC2)cc(F)c1F. The van der Waals surface area contributed by atoms with E-state index in [-0.39, 0.29) is 17.2 Å². The summed E-state index contributed by atoms with van der Waals surface area (Å²) in [5, 5.41) is 12.3. The van der Waals surface area contributed by atoms with Crippen molar-refractivity contribution in [3.63, 3.8) is 0 Å². The molecule has 1 aliphatic carbocycles. The minimum atomic E-state index is -1.36. The average Bonchev–Trinajstić information content (AvgIpc) is 2.29. The Labute approximate surface area is 110 Å². The number of carbonyl (C=O) groups is 1. The second kappa shape index (κ2) is 4.89. The maximum absolute atomic E-state index is 13.5. The van der Waals surface area contributed by atoms with E-state index in [4.69, 9.17) is 0 Å². The Hall–Kier alpha value is -1.49. The number of hydrogen-bond acceptors (Lipinski definition) is 2. The van der Waals surface area contributed by atoms with Gasteiger partial charge in [0.25, 0.3) is 5.91 Å². The second-order valence-corrected chi connectivity index (χ2v) is 5.36. The van der Waals surface area contributed by atoms with E-state index in [9.17, 15) is 18.7 Å². The number of nitrogens with one attached hydrogen (secondary N) is 1. The number of benzene rings is 1. The van der Waals surface area contributed by atoms with Gasteiger partial charge in [-0.2, -0.15) is 0 Å². The lowest BCUT2D eigenvalue weighted by Crippen LogP contribution is -2.48. The molecule has 0 atom stereocenters. The number of carbonyl (C=O) groups excluding carboxylic acids is 1. The lowest BCUT2D eigenvalue weighted by atomic mass is 9.79. The topological polar surface area (TPSA) is 49.3 Å². The maximum atomic E-state index is 13.5. The van der Waals surface area contributed by atoms with Gasteiger partial charge in [-0.1, -0.05) is 13.8 Å². The highest BCUT2D eigenvalue weighted by atomic mass is 19.2. The van der Waals surface area contributed by atoms with Crippen LogP contribution in [0, 0.1) is 11.6 Å². The van der Waals surface area contributed by atoms with Crippen molar-refractivity contribution in [1.29, 1.82) is 0 Å². The molecular weight excluding hydrogens is 252 g/mol. The zero-order chi connectivity index (χ0) is 14.2. The molecule has 0 radical (unpaired) electrons. The third kappa shape index (κ3) is 2.61. The van der Waals surface area contributed by atoms with Gasteiger partial charge in [0.2, 0.25) is 0 Å². The lowest BCUT2D eigenvalue weighted by Gasteiger charge is -2.34. The number of hydrogen-bond donors (Lipinski definition) is 2. The van der Waals surface area contributed by atoms with Gasteiger partial charge in [0.1, 0.15) is 5.60 Å². The van der Waals surface area contributed by atoms with E-state index >= 15 is 0 Å². The van der Waals surface area contributed by atoms with Gasteiger partial charge in [0, 0.05) is 11.8 Å². The standard InChI is InChI=1S/C14H17F2NO2/c1-8(2)10-6-9(7-11(15)12(10)16)17-13(18)14(19)4-3-5-14/h6-8,19H,3-5H2,1-2H3,(H,17,18). The average molecular weight is 269 g/mol. The van der Waals surface area contributed by atoms with Gasteiger partial charge < -0.3 is 10.4 Å². The molecule has 0 spiro atoms. The van der Waals surface area contributed by atoms with Crippen LogP contribution >= 0.6 is 0 Å². The van der Waals surface area contributed by atoms with Crippen molar-refractivity contribution in [2.75, 3.05) is 5.32 Å². The zero-order valence-electron chi connectivity index (χ0n) is 11.0. The van der Waals surface area contributed by atoms with E-state index in [1.165, 1.54) is 6.07 Å². The molecule has 1 aromatic rings. The van der Waals surface area contributed by atoms with E-state index in [1.807, 2.05) is 0 Å². The van der Waals surface area contributed by atoms with Crippen LogP contribution in [0.4, 0.5) is 14.5 Å². The molecule has 1 fully saturated rings. The van der Waals surface area contributed by atoms with Crippen LogP contribution < -0.4 is 5.32 Å². The van der Waals surface area contributed by atoms with Crippen molar-refractivity contribution in [3.05, 3.63) is 29.3 Å². The molecule has 0 saturated heterocycles. The van der Waals surface area contributed by atoms with Gasteiger partial charge in [-0.25, -0.2) is 8.78 Å². The molecule has 0 aromatic heterocycles. The van der Waals surface area contributed by atoms with Crippen LogP contribution in [-0.4, -0.2) is 16.6 Å². The van der Waals surface area contributed by atoms with E-state index < -0.39 is 23.1 Å². The van der Waals surface area contributed by atoms with Crippen LogP contribution in [0.5, 0.6) is 0 Å². The Bertz CT molecular complexity index is 510. The first kappa shape index (κ1) is 13.9. The fourth-order valence-electron chi connectivity index (χ4n) is 2.09. The summed E-state index contributed by atoms with van der Waals surface area (Å²) < 4.78 is 27.0. The number of rotatable bonds is 3. The molecule has 0 heterocycles. The molecular formula is C14H17F2NO2. The van der Waals surface area contributed by atoms with Crippen LogP contribution in [0.15, 0.2) is 12.1 Å². The fourth-order valence-corrected chi connectivity index (χ4v) is 2.09. The largest absolute Gasteiger partial charge is 0.380 e. The van der Waals surface area contributed by atoms with Crippen LogP contribution in [0.1, 0.15) is 44.6 Å². The molecule has 2 N–H and O–H groups in total. The third-order valence-electron chi connectivity index (χ3n) is 3.54.